The number of fused-ring (bicyclic) bond motifs is 1. The standard InChI is InChI=1S/C16H22N2O2/c1-3-7-12(2)16(19)18-11-6-9-14(17-20)13-8-4-5-10-15(13)18/h4-5,8,10,12,20H,3,6-7,9,11H2,1-2H3/b17-14-. The lowest BCUT2D eigenvalue weighted by atomic mass is 10.0. The fourth-order valence-corrected chi connectivity index (χ4v) is 2.77. The van der Waals surface area contributed by atoms with Crippen molar-refractivity contribution in [1.82, 2.24) is 0 Å². The molecule has 1 aromatic rings. The summed E-state index contributed by atoms with van der Waals surface area (Å²) in [6.45, 7) is 4.76. The van der Waals surface area contributed by atoms with Gasteiger partial charge in [-0.3, -0.25) is 4.79 Å². The van der Waals surface area contributed by atoms with E-state index in [9.17, 15) is 4.79 Å². The molecular formula is C16H22N2O2. The summed E-state index contributed by atoms with van der Waals surface area (Å²) in [5.74, 6) is 0.194. The van der Waals surface area contributed by atoms with Gasteiger partial charge in [-0.25, -0.2) is 0 Å². The van der Waals surface area contributed by atoms with E-state index in [1.165, 1.54) is 0 Å². The smallest absolute Gasteiger partial charge is 0.229 e. The molecule has 0 saturated heterocycles. The van der Waals surface area contributed by atoms with Crippen LogP contribution in [-0.4, -0.2) is 23.4 Å². The van der Waals surface area contributed by atoms with Crippen LogP contribution in [0.25, 0.3) is 0 Å². The van der Waals surface area contributed by atoms with Crippen molar-refractivity contribution in [1.29, 1.82) is 0 Å². The highest BCUT2D eigenvalue weighted by molar-refractivity contribution is 6.09. The van der Waals surface area contributed by atoms with E-state index in [1.54, 1.807) is 0 Å². The molecule has 1 atom stereocenters. The van der Waals surface area contributed by atoms with Crippen LogP contribution in [0.4, 0.5) is 5.69 Å². The second-order valence-corrected chi connectivity index (χ2v) is 5.35. The Balaban J connectivity index is 2.37. The molecule has 108 valence electrons. The van der Waals surface area contributed by atoms with Crippen LogP contribution in [-0.2, 0) is 4.79 Å². The summed E-state index contributed by atoms with van der Waals surface area (Å²) in [5, 5.41) is 12.6. The number of amides is 1. The quantitative estimate of drug-likeness (QED) is 0.678. The lowest BCUT2D eigenvalue weighted by molar-refractivity contribution is -0.122. The summed E-state index contributed by atoms with van der Waals surface area (Å²) in [6, 6.07) is 7.68. The molecule has 1 heterocycles. The fraction of sp³-hybridized carbons (Fsp3) is 0.500. The Morgan fingerprint density at radius 3 is 2.90 bits per heavy atom. The average molecular weight is 274 g/mol. The largest absolute Gasteiger partial charge is 0.411 e. The molecule has 0 fully saturated rings. The highest BCUT2D eigenvalue weighted by Crippen LogP contribution is 2.28. The highest BCUT2D eigenvalue weighted by atomic mass is 16.4. The zero-order chi connectivity index (χ0) is 14.5. The lowest BCUT2D eigenvalue weighted by Crippen LogP contribution is -2.36. The molecule has 4 nitrogen and oxygen atoms in total. The van der Waals surface area contributed by atoms with Crippen molar-refractivity contribution < 1.29 is 10.0 Å². The number of carbonyl (C=O) groups excluding carboxylic acids is 1. The molecule has 0 bridgehead atoms. The van der Waals surface area contributed by atoms with Crippen molar-refractivity contribution in [2.75, 3.05) is 11.4 Å². The van der Waals surface area contributed by atoms with Gasteiger partial charge in [0.1, 0.15) is 0 Å². The third kappa shape index (κ3) is 2.84. The van der Waals surface area contributed by atoms with Crippen LogP contribution in [0.1, 0.15) is 45.1 Å². The summed E-state index contributed by atoms with van der Waals surface area (Å²) in [4.78, 5) is 14.5. The van der Waals surface area contributed by atoms with Gasteiger partial charge in [0.05, 0.1) is 11.4 Å². The molecule has 0 saturated carbocycles. The van der Waals surface area contributed by atoms with Gasteiger partial charge in [0.15, 0.2) is 0 Å². The number of rotatable bonds is 3. The van der Waals surface area contributed by atoms with Gasteiger partial charge in [0, 0.05) is 18.0 Å². The first-order valence-electron chi connectivity index (χ1n) is 7.30. The zero-order valence-corrected chi connectivity index (χ0v) is 12.2. The van der Waals surface area contributed by atoms with Crippen LogP contribution < -0.4 is 4.90 Å². The van der Waals surface area contributed by atoms with Crippen LogP contribution in [0, 0.1) is 5.92 Å². The van der Waals surface area contributed by atoms with E-state index in [2.05, 4.69) is 12.1 Å². The van der Waals surface area contributed by atoms with Gasteiger partial charge >= 0.3 is 0 Å². The van der Waals surface area contributed by atoms with E-state index in [-0.39, 0.29) is 11.8 Å². The van der Waals surface area contributed by atoms with Crippen molar-refractivity contribution >= 4 is 17.3 Å². The van der Waals surface area contributed by atoms with Gasteiger partial charge in [0.25, 0.3) is 0 Å². The summed E-state index contributed by atoms with van der Waals surface area (Å²) in [5.41, 5.74) is 2.40. The minimum atomic E-state index is 0.0284. The van der Waals surface area contributed by atoms with Crippen LogP contribution in [0.15, 0.2) is 29.4 Å². The van der Waals surface area contributed by atoms with Crippen molar-refractivity contribution in [3.05, 3.63) is 29.8 Å². The van der Waals surface area contributed by atoms with E-state index < -0.39 is 0 Å². The second kappa shape index (κ2) is 6.55. The number of carbonyl (C=O) groups is 1. The molecular weight excluding hydrogens is 252 g/mol. The third-order valence-corrected chi connectivity index (χ3v) is 3.83. The number of anilines is 1. The molecule has 1 N–H and O–H groups in total. The molecule has 1 aliphatic heterocycles. The Morgan fingerprint density at radius 2 is 2.20 bits per heavy atom. The van der Waals surface area contributed by atoms with Gasteiger partial charge in [-0.05, 0) is 25.3 Å². The molecule has 1 amide bonds. The SMILES string of the molecule is CCCC(C)C(=O)N1CCC/C(=N/O)c2ccccc21. The Kier molecular flexibility index (Phi) is 4.77. The Labute approximate surface area is 120 Å². The molecule has 4 heteroatoms. The van der Waals surface area contributed by atoms with E-state index >= 15 is 0 Å². The Hall–Kier alpha value is -1.84. The third-order valence-electron chi connectivity index (χ3n) is 3.83. The predicted octanol–water partition coefficient (Wildman–Crippen LogP) is 3.43. The van der Waals surface area contributed by atoms with Crippen LogP contribution in [0.5, 0.6) is 0 Å². The average Bonchev–Trinajstić information content (AvgIpc) is 2.66. The molecule has 2 rings (SSSR count). The van der Waals surface area contributed by atoms with Crippen LogP contribution in [0.2, 0.25) is 0 Å². The van der Waals surface area contributed by atoms with Crippen molar-refractivity contribution in [2.24, 2.45) is 11.1 Å². The number of nitrogens with zero attached hydrogens (tertiary/aromatic N) is 2. The van der Waals surface area contributed by atoms with Crippen molar-refractivity contribution in [2.45, 2.75) is 39.5 Å². The second-order valence-electron chi connectivity index (χ2n) is 5.35. The monoisotopic (exact) mass is 274 g/mol. The van der Waals surface area contributed by atoms with Crippen LogP contribution >= 0.6 is 0 Å². The van der Waals surface area contributed by atoms with Gasteiger partial charge < -0.3 is 10.1 Å². The van der Waals surface area contributed by atoms with E-state index in [0.29, 0.717) is 18.7 Å². The molecule has 1 aliphatic rings. The molecule has 20 heavy (non-hydrogen) atoms. The first kappa shape index (κ1) is 14.6. The Bertz CT molecular complexity index is 511. The van der Waals surface area contributed by atoms with Crippen molar-refractivity contribution in [3.8, 4) is 0 Å². The molecule has 1 aromatic carbocycles. The summed E-state index contributed by atoms with van der Waals surface area (Å²) < 4.78 is 0. The number of para-hydroxylation sites is 1. The molecule has 0 aliphatic carbocycles. The number of oxime groups is 1. The molecule has 0 spiro atoms. The first-order chi connectivity index (χ1) is 9.69. The van der Waals surface area contributed by atoms with Crippen molar-refractivity contribution in [3.63, 3.8) is 0 Å². The van der Waals surface area contributed by atoms with Gasteiger partial charge in [-0.15, -0.1) is 0 Å². The minimum Gasteiger partial charge on any atom is -0.411 e. The minimum absolute atomic E-state index is 0.0284. The maximum Gasteiger partial charge on any atom is 0.229 e. The summed E-state index contributed by atoms with van der Waals surface area (Å²) in [7, 11) is 0. The van der Waals surface area contributed by atoms with Crippen LogP contribution in [0.3, 0.4) is 0 Å². The zero-order valence-electron chi connectivity index (χ0n) is 12.2. The molecule has 0 radical (unpaired) electrons. The maximum absolute atomic E-state index is 12.6. The van der Waals surface area contributed by atoms with Gasteiger partial charge in [0.2, 0.25) is 5.91 Å². The molecule has 1 unspecified atom stereocenters. The lowest BCUT2D eigenvalue weighted by Gasteiger charge is -2.25. The van der Waals surface area contributed by atoms with E-state index in [1.807, 2.05) is 36.1 Å². The number of hydrogen-bond acceptors (Lipinski definition) is 3. The maximum atomic E-state index is 12.6. The first-order valence-corrected chi connectivity index (χ1v) is 7.30. The summed E-state index contributed by atoms with van der Waals surface area (Å²) >= 11 is 0. The van der Waals surface area contributed by atoms with E-state index in [4.69, 9.17) is 5.21 Å². The van der Waals surface area contributed by atoms with Gasteiger partial charge in [-0.1, -0.05) is 43.6 Å². The normalized spacial score (nSPS) is 18.5. The van der Waals surface area contributed by atoms with E-state index in [0.717, 1.165) is 30.5 Å². The summed E-state index contributed by atoms with van der Waals surface area (Å²) in [6.07, 6.45) is 3.42. The predicted molar refractivity (Wildman–Crippen MR) is 80.4 cm³/mol. The topological polar surface area (TPSA) is 52.9 Å². The molecule has 0 aromatic heterocycles. The fourth-order valence-electron chi connectivity index (χ4n) is 2.77. The highest BCUT2D eigenvalue weighted by Gasteiger charge is 2.26. The number of hydrogen-bond donors (Lipinski definition) is 1. The van der Waals surface area contributed by atoms with Gasteiger partial charge in [-0.2, -0.15) is 0 Å². The Morgan fingerprint density at radius 1 is 1.45 bits per heavy atom. The number of benzene rings is 1.